The van der Waals surface area contributed by atoms with Crippen molar-refractivity contribution in [3.8, 4) is 33.5 Å². The number of benzene rings is 3. The molecular formula is C66H79FN12O6S. The molecule has 0 saturated carbocycles. The van der Waals surface area contributed by atoms with Crippen LogP contribution in [0.2, 0.25) is 0 Å². The van der Waals surface area contributed by atoms with Crippen LogP contribution in [-0.2, 0) is 16.0 Å². The zero-order valence-electron chi connectivity index (χ0n) is 50.0. The number of piperidine rings is 1. The van der Waals surface area contributed by atoms with Crippen molar-refractivity contribution in [3.05, 3.63) is 101 Å². The number of fused-ring (bicyclic) bond motifs is 5. The minimum atomic E-state index is -0.816. The maximum absolute atomic E-state index is 17.4. The number of piperazine rings is 1. The van der Waals surface area contributed by atoms with Gasteiger partial charge in [-0.1, -0.05) is 68.4 Å². The first kappa shape index (κ1) is 56.9. The molecule has 86 heavy (non-hydrogen) atoms. The van der Waals surface area contributed by atoms with E-state index in [4.69, 9.17) is 24.2 Å². The molecule has 4 N–H and O–H groups in total. The highest BCUT2D eigenvalue weighted by atomic mass is 32.1. The van der Waals surface area contributed by atoms with Crippen LogP contribution in [0.1, 0.15) is 120 Å². The number of anilines is 2. The number of thiazole rings is 1. The molecule has 4 aromatic heterocycles. The van der Waals surface area contributed by atoms with Crippen LogP contribution in [0.15, 0.2) is 76.9 Å². The average molecular weight is 1190 g/mol. The molecule has 7 aromatic rings. The first-order chi connectivity index (χ1) is 41.6. The van der Waals surface area contributed by atoms with Crippen LogP contribution in [-0.4, -0.2) is 163 Å². The molecule has 2 amide bonds. The number of hydrogen-bond acceptors (Lipinski definition) is 17. The van der Waals surface area contributed by atoms with E-state index in [1.807, 2.05) is 81.7 Å². The van der Waals surface area contributed by atoms with E-state index in [2.05, 4.69) is 47.3 Å². The van der Waals surface area contributed by atoms with Crippen LogP contribution >= 0.6 is 11.3 Å². The topological polar surface area (TPSA) is 202 Å². The summed E-state index contributed by atoms with van der Waals surface area (Å²) >= 11 is 1.60. The van der Waals surface area contributed by atoms with E-state index in [1.165, 1.54) is 4.90 Å². The second kappa shape index (κ2) is 22.7. The Morgan fingerprint density at radius 2 is 1.73 bits per heavy atom. The highest BCUT2D eigenvalue weighted by Gasteiger charge is 2.52. The number of rotatable bonds is 16. The number of β-amino-alcohol motifs (C(OH)–C–C–N with tert-alkyl or cyclic N) is 1. The monoisotopic (exact) mass is 1190 g/mol. The van der Waals surface area contributed by atoms with E-state index in [-0.39, 0.29) is 70.7 Å². The van der Waals surface area contributed by atoms with Crippen molar-refractivity contribution in [1.29, 1.82) is 0 Å². The summed E-state index contributed by atoms with van der Waals surface area (Å²) in [7, 11) is 0. The Labute approximate surface area is 505 Å². The van der Waals surface area contributed by atoms with Crippen LogP contribution in [0.5, 0.6) is 11.8 Å². The molecule has 0 radical (unpaired) electrons. The molecule has 452 valence electrons. The molecule has 20 heteroatoms. The van der Waals surface area contributed by atoms with Gasteiger partial charge in [0.25, 0.3) is 0 Å². The first-order valence-electron chi connectivity index (χ1n) is 31.4. The number of phenolic OH excluding ortho intramolecular Hbond substituents is 1. The Bertz CT molecular complexity index is 3680. The molecule has 7 fully saturated rings. The number of aliphatic hydroxyl groups is 1. The van der Waals surface area contributed by atoms with Gasteiger partial charge < -0.3 is 49.7 Å². The van der Waals surface area contributed by atoms with E-state index >= 15 is 4.39 Å². The van der Waals surface area contributed by atoms with Crippen molar-refractivity contribution in [3.63, 3.8) is 0 Å². The van der Waals surface area contributed by atoms with Gasteiger partial charge in [-0.3, -0.25) is 19.5 Å². The lowest BCUT2D eigenvalue weighted by molar-refractivity contribution is -0.141. The number of pyridine rings is 1. The first-order valence-corrected chi connectivity index (χ1v) is 32.2. The third-order valence-corrected chi connectivity index (χ3v) is 21.5. The number of aliphatic hydroxyl groups excluding tert-OH is 1. The molecule has 14 rings (SSSR count). The Morgan fingerprint density at radius 3 is 2.48 bits per heavy atom. The lowest BCUT2D eigenvalue weighted by Gasteiger charge is -2.54. The largest absolute Gasteiger partial charge is 0.508 e. The third kappa shape index (κ3) is 10.4. The lowest BCUT2D eigenvalue weighted by atomic mass is 9.72. The highest BCUT2D eigenvalue weighted by Crippen LogP contribution is 2.47. The molecule has 7 aliphatic heterocycles. The van der Waals surface area contributed by atoms with Gasteiger partial charge >= 0.3 is 6.01 Å². The minimum Gasteiger partial charge on any atom is -0.508 e. The maximum Gasteiger partial charge on any atom is 0.319 e. The number of aromatic hydroxyl groups is 1. The van der Waals surface area contributed by atoms with E-state index in [0.717, 1.165) is 154 Å². The zero-order chi connectivity index (χ0) is 59.2. The molecule has 7 aliphatic rings. The van der Waals surface area contributed by atoms with Gasteiger partial charge in [0.1, 0.15) is 41.3 Å². The SMILES string of the molecule is CCc1cccc2cc(O)cc(-c3ncc4c(N5CC6CCC(C5)N6)nc(OC[C@@]56CCCN5[C@H](CN5CCC7(CC5)CN(c5cc([C@@H](C(=O)N8C[C@H](O)C[C@H]8C(=O)N[C@@H](C)c8ccc(-c9scnc9C)cc8)C(C)C)on5)C7)CC6)nc4c3F)c12. The number of carbonyl (C=O) groups excluding carboxylic acids is 2. The van der Waals surface area contributed by atoms with Crippen LogP contribution in [0, 0.1) is 24.1 Å². The van der Waals surface area contributed by atoms with Crippen LogP contribution in [0.4, 0.5) is 16.0 Å². The van der Waals surface area contributed by atoms with E-state index in [0.29, 0.717) is 47.3 Å². The summed E-state index contributed by atoms with van der Waals surface area (Å²) in [5, 5.41) is 35.4. The van der Waals surface area contributed by atoms with Crippen molar-refractivity contribution in [1.82, 2.24) is 50.4 Å². The Hall–Kier alpha value is -6.84. The smallest absolute Gasteiger partial charge is 0.319 e. The molecule has 0 aliphatic carbocycles. The predicted molar refractivity (Wildman–Crippen MR) is 330 cm³/mol. The van der Waals surface area contributed by atoms with Crippen LogP contribution in [0.3, 0.4) is 0 Å². The molecule has 11 heterocycles. The second-order valence-electron chi connectivity index (χ2n) is 26.4. The lowest BCUT2D eigenvalue weighted by Crippen LogP contribution is -2.61. The third-order valence-electron chi connectivity index (χ3n) is 20.5. The van der Waals surface area contributed by atoms with Gasteiger partial charge in [-0.25, -0.2) is 9.37 Å². The number of nitrogens with one attached hydrogen (secondary N) is 2. The van der Waals surface area contributed by atoms with Gasteiger partial charge in [0, 0.05) is 87.1 Å². The van der Waals surface area contributed by atoms with E-state index in [1.54, 1.807) is 29.7 Å². The normalized spacial score (nSPS) is 25.4. The second-order valence-corrected chi connectivity index (χ2v) is 27.3. The maximum atomic E-state index is 17.4. The molecule has 8 atom stereocenters. The van der Waals surface area contributed by atoms with E-state index < -0.39 is 23.9 Å². The highest BCUT2D eigenvalue weighted by molar-refractivity contribution is 7.13. The number of phenols is 1. The van der Waals surface area contributed by atoms with Gasteiger partial charge in [-0.15, -0.1) is 11.3 Å². The average Bonchev–Trinajstić information content (AvgIpc) is 1.33. The summed E-state index contributed by atoms with van der Waals surface area (Å²) in [4.78, 5) is 60.1. The number of nitrogens with zero attached hydrogens (tertiary/aromatic N) is 10. The standard InChI is InChI=1S/C66H79FN12O6S/c1-6-41-9-7-10-44-25-48(80)26-50(56(41)44)58-57(67)59-51(29-68-58)61(76-30-45-15-16-46(31-76)71-45)73-64(72-59)84-36-66-18-8-22-79(66)47(17-19-66)32-75-23-20-65(21-24-75)34-77(35-65)54-28-53(85-74-54)55(38(2)3)63(83)78-33-49(81)27-52(78)62(82)70-39(4)42-11-13-43(14-12-42)60-40(5)69-37-86-60/h7,9-14,25-26,28-29,37-39,45-47,49,52,55,71,80-81H,6,8,15-24,27,30-36H2,1-5H3,(H,70,82)/t39-,45?,46?,47-,49+,52-,55-,66-/m0/s1. The Balaban J connectivity index is 0.606. The molecule has 18 nitrogen and oxygen atoms in total. The van der Waals surface area contributed by atoms with Crippen molar-refractivity contribution >= 4 is 56.5 Å². The number of carbonyl (C=O) groups is 2. The molecule has 2 bridgehead atoms. The molecule has 7 saturated heterocycles. The van der Waals surface area contributed by atoms with Crippen LogP contribution < -0.4 is 25.2 Å². The fourth-order valence-corrected chi connectivity index (χ4v) is 16.7. The summed E-state index contributed by atoms with van der Waals surface area (Å²) in [6.07, 6.45) is 10.4. The summed E-state index contributed by atoms with van der Waals surface area (Å²) < 4.78 is 30.2. The molecular weight excluding hydrogens is 1110 g/mol. The number of hydrogen-bond donors (Lipinski definition) is 4. The van der Waals surface area contributed by atoms with E-state index in [9.17, 15) is 19.8 Å². The number of aromatic nitrogens is 5. The number of amides is 2. The summed E-state index contributed by atoms with van der Waals surface area (Å²) in [6.45, 7) is 17.8. The van der Waals surface area contributed by atoms with Crippen LogP contribution in [0.25, 0.3) is 43.4 Å². The number of aryl methyl sites for hydroxylation is 2. The van der Waals surface area contributed by atoms with Crippen molar-refractivity contribution in [2.75, 3.05) is 75.3 Å². The zero-order valence-corrected chi connectivity index (χ0v) is 50.8. The quantitative estimate of drug-likeness (QED) is 0.0713. The van der Waals surface area contributed by atoms with Crippen molar-refractivity contribution in [2.45, 2.75) is 147 Å². The summed E-state index contributed by atoms with van der Waals surface area (Å²) in [5.41, 5.74) is 6.78. The summed E-state index contributed by atoms with van der Waals surface area (Å²) in [6, 6.07) is 19.4. The fraction of sp³-hybridized carbons (Fsp3) is 0.530. The minimum absolute atomic E-state index is 0.0516. The summed E-state index contributed by atoms with van der Waals surface area (Å²) in [5.74, 6) is 0.00398. The Morgan fingerprint density at radius 1 is 0.942 bits per heavy atom. The fourth-order valence-electron chi connectivity index (χ4n) is 15.9. The van der Waals surface area contributed by atoms with Gasteiger partial charge in [0.15, 0.2) is 17.4 Å². The van der Waals surface area contributed by atoms with Gasteiger partial charge in [0.05, 0.1) is 39.2 Å². The Kier molecular flexibility index (Phi) is 15.0. The van der Waals surface area contributed by atoms with Gasteiger partial charge in [0.2, 0.25) is 11.8 Å². The predicted octanol–water partition coefficient (Wildman–Crippen LogP) is 9.17. The van der Waals surface area contributed by atoms with Gasteiger partial charge in [-0.05, 0) is 137 Å². The molecule has 3 aromatic carbocycles. The number of likely N-dealkylation sites (tertiary alicyclic amines) is 2. The van der Waals surface area contributed by atoms with Crippen molar-refractivity contribution < 1.29 is 33.5 Å². The molecule has 2 unspecified atom stereocenters. The van der Waals surface area contributed by atoms with Crippen molar-refractivity contribution in [2.24, 2.45) is 11.3 Å². The van der Waals surface area contributed by atoms with Gasteiger partial charge in [-0.2, -0.15) is 9.97 Å². The number of halogens is 1. The molecule has 1 spiro atoms. The number of ether oxygens (including phenoxy) is 1.